The number of hydrogen-bond acceptors (Lipinski definition) is 3. The van der Waals surface area contributed by atoms with Gasteiger partial charge >= 0.3 is 5.97 Å². The molecule has 1 aliphatic heterocycles. The summed E-state index contributed by atoms with van der Waals surface area (Å²) in [6, 6.07) is 12.6. The molecule has 1 N–H and O–H groups in total. The highest BCUT2D eigenvalue weighted by molar-refractivity contribution is 6.30. The van der Waals surface area contributed by atoms with Crippen LogP contribution in [0.2, 0.25) is 5.02 Å². The number of aliphatic carboxylic acids is 1. The monoisotopic (exact) mass is 301 g/mol. The van der Waals surface area contributed by atoms with Crippen molar-refractivity contribution in [3.05, 3.63) is 58.6 Å². The van der Waals surface area contributed by atoms with Gasteiger partial charge in [0.2, 0.25) is 0 Å². The molecule has 0 aliphatic carbocycles. The predicted molar refractivity (Wildman–Crippen MR) is 80.9 cm³/mol. The first-order valence-corrected chi connectivity index (χ1v) is 6.80. The molecule has 0 atom stereocenters. The molecule has 0 unspecified atom stereocenters. The van der Waals surface area contributed by atoms with Crippen LogP contribution in [0.25, 0.3) is 0 Å². The van der Waals surface area contributed by atoms with E-state index in [1.165, 1.54) is 0 Å². The van der Waals surface area contributed by atoms with Gasteiger partial charge in [0.15, 0.2) is 0 Å². The van der Waals surface area contributed by atoms with E-state index < -0.39 is 5.97 Å². The highest BCUT2D eigenvalue weighted by atomic mass is 35.5. The van der Waals surface area contributed by atoms with E-state index in [1.807, 2.05) is 12.1 Å². The van der Waals surface area contributed by atoms with Gasteiger partial charge in [-0.3, -0.25) is 4.79 Å². The minimum absolute atomic E-state index is 0.0287. The third-order valence-corrected chi connectivity index (χ3v) is 3.43. The third-order valence-electron chi connectivity index (χ3n) is 3.18. The number of ether oxygens (including phenoxy) is 1. The summed E-state index contributed by atoms with van der Waals surface area (Å²) in [4.78, 5) is 15.3. The molecular formula is C16H12ClNO3. The Bertz CT molecular complexity index is 723. The van der Waals surface area contributed by atoms with Gasteiger partial charge in [0.1, 0.15) is 18.0 Å². The first-order chi connectivity index (χ1) is 10.1. The summed E-state index contributed by atoms with van der Waals surface area (Å²) in [7, 11) is 0. The maximum atomic E-state index is 10.8. The second-order valence-corrected chi connectivity index (χ2v) is 5.16. The number of carboxylic acid groups (broad SMARTS) is 1. The van der Waals surface area contributed by atoms with E-state index >= 15 is 0 Å². The van der Waals surface area contributed by atoms with Crippen molar-refractivity contribution >= 4 is 29.0 Å². The van der Waals surface area contributed by atoms with Crippen LogP contribution in [0.5, 0.6) is 5.75 Å². The summed E-state index contributed by atoms with van der Waals surface area (Å²) in [5, 5.41) is 9.51. The number of carbonyl (C=O) groups is 1. The molecule has 0 fully saturated rings. The number of benzene rings is 2. The lowest BCUT2D eigenvalue weighted by Crippen LogP contribution is -2.16. The Morgan fingerprint density at radius 3 is 2.71 bits per heavy atom. The van der Waals surface area contributed by atoms with Crippen molar-refractivity contribution in [3.63, 3.8) is 0 Å². The summed E-state index contributed by atoms with van der Waals surface area (Å²) in [6.45, 7) is 0.382. The second kappa shape index (κ2) is 5.58. The number of halogens is 1. The van der Waals surface area contributed by atoms with Crippen LogP contribution in [0.3, 0.4) is 0 Å². The van der Waals surface area contributed by atoms with Crippen molar-refractivity contribution in [3.8, 4) is 5.75 Å². The summed E-state index contributed by atoms with van der Waals surface area (Å²) in [5.41, 5.74) is 3.09. The number of rotatable bonds is 3. The minimum atomic E-state index is -0.867. The maximum Gasteiger partial charge on any atom is 0.307 e. The Morgan fingerprint density at radius 1 is 1.24 bits per heavy atom. The number of nitrogens with zero attached hydrogens (tertiary/aromatic N) is 1. The van der Waals surface area contributed by atoms with Crippen LogP contribution >= 0.6 is 11.6 Å². The Hall–Kier alpha value is -2.33. The van der Waals surface area contributed by atoms with E-state index in [4.69, 9.17) is 21.4 Å². The molecule has 0 radical (unpaired) electrons. The maximum absolute atomic E-state index is 10.8. The number of fused-ring (bicyclic) bond motifs is 1. The highest BCUT2D eigenvalue weighted by Crippen LogP contribution is 2.32. The Balaban J connectivity index is 1.95. The van der Waals surface area contributed by atoms with Crippen LogP contribution < -0.4 is 4.74 Å². The molecule has 0 aromatic heterocycles. The zero-order valence-corrected chi connectivity index (χ0v) is 11.8. The van der Waals surface area contributed by atoms with Crippen LogP contribution in [0.1, 0.15) is 11.1 Å². The first-order valence-electron chi connectivity index (χ1n) is 6.43. The molecule has 106 valence electrons. The third kappa shape index (κ3) is 3.06. The van der Waals surface area contributed by atoms with Crippen LogP contribution in [0.4, 0.5) is 5.69 Å². The minimum Gasteiger partial charge on any atom is -0.485 e. The lowest BCUT2D eigenvalue weighted by atomic mass is 10.1. The summed E-state index contributed by atoms with van der Waals surface area (Å²) in [6.07, 6.45) is -0.0287. The molecule has 5 heteroatoms. The van der Waals surface area contributed by atoms with Gasteiger partial charge in [-0.05, 0) is 35.4 Å². The van der Waals surface area contributed by atoms with E-state index in [2.05, 4.69) is 4.99 Å². The van der Waals surface area contributed by atoms with Crippen molar-refractivity contribution in [2.75, 3.05) is 6.61 Å². The normalized spacial score (nSPS) is 13.1. The van der Waals surface area contributed by atoms with Crippen LogP contribution in [0.15, 0.2) is 47.5 Å². The SMILES string of the molecule is O=C(O)Cc1ccc2c(c1)N=C(c1ccc(Cl)cc1)CO2. The van der Waals surface area contributed by atoms with E-state index in [-0.39, 0.29) is 6.42 Å². The Kier molecular flexibility index (Phi) is 3.62. The lowest BCUT2D eigenvalue weighted by Gasteiger charge is -2.17. The molecule has 0 amide bonds. The first kappa shape index (κ1) is 13.6. The second-order valence-electron chi connectivity index (χ2n) is 4.73. The van der Waals surface area contributed by atoms with Gasteiger partial charge in [-0.15, -0.1) is 0 Å². The van der Waals surface area contributed by atoms with Crippen LogP contribution in [0, 0.1) is 0 Å². The number of aliphatic imine (C=N–C) groups is 1. The molecule has 3 rings (SSSR count). The summed E-state index contributed by atoms with van der Waals surface area (Å²) >= 11 is 5.87. The average molecular weight is 302 g/mol. The van der Waals surface area contributed by atoms with Crippen molar-refractivity contribution in [2.45, 2.75) is 6.42 Å². The number of hydrogen-bond donors (Lipinski definition) is 1. The molecular weight excluding hydrogens is 290 g/mol. The molecule has 2 aromatic carbocycles. The molecule has 2 aromatic rings. The van der Waals surface area contributed by atoms with Gasteiger partial charge in [0.05, 0.1) is 12.1 Å². The molecule has 1 heterocycles. The molecule has 0 saturated heterocycles. The van der Waals surface area contributed by atoms with Crippen LogP contribution in [-0.4, -0.2) is 23.4 Å². The summed E-state index contributed by atoms with van der Waals surface area (Å²) in [5.74, 6) is -0.199. The van der Waals surface area contributed by atoms with Gasteiger partial charge in [-0.25, -0.2) is 4.99 Å². The Morgan fingerprint density at radius 2 is 2.00 bits per heavy atom. The van der Waals surface area contributed by atoms with E-state index in [9.17, 15) is 4.79 Å². The fourth-order valence-corrected chi connectivity index (χ4v) is 2.30. The zero-order chi connectivity index (χ0) is 14.8. The largest absolute Gasteiger partial charge is 0.485 e. The van der Waals surface area contributed by atoms with Crippen molar-refractivity contribution in [1.29, 1.82) is 0 Å². The van der Waals surface area contributed by atoms with Crippen molar-refractivity contribution < 1.29 is 14.6 Å². The Labute approximate surface area is 126 Å². The predicted octanol–water partition coefficient (Wildman–Crippen LogP) is 3.48. The zero-order valence-electron chi connectivity index (χ0n) is 11.0. The average Bonchev–Trinajstić information content (AvgIpc) is 2.46. The van der Waals surface area contributed by atoms with Gasteiger partial charge in [-0.2, -0.15) is 0 Å². The summed E-state index contributed by atoms with van der Waals surface area (Å²) < 4.78 is 5.67. The van der Waals surface area contributed by atoms with E-state index in [0.717, 1.165) is 11.3 Å². The van der Waals surface area contributed by atoms with Gasteiger partial charge in [0, 0.05) is 5.02 Å². The van der Waals surface area contributed by atoms with Gasteiger partial charge < -0.3 is 9.84 Å². The van der Waals surface area contributed by atoms with Gasteiger partial charge in [0.25, 0.3) is 0 Å². The molecule has 4 nitrogen and oxygen atoms in total. The van der Waals surface area contributed by atoms with E-state index in [1.54, 1.807) is 30.3 Å². The fraction of sp³-hybridized carbons (Fsp3) is 0.125. The standard InChI is InChI=1S/C16H12ClNO3/c17-12-4-2-11(3-5-12)14-9-21-15-6-1-10(8-16(19)20)7-13(15)18-14/h1-7H,8-9H2,(H,19,20). The van der Waals surface area contributed by atoms with Gasteiger partial charge in [-0.1, -0.05) is 29.8 Å². The highest BCUT2D eigenvalue weighted by Gasteiger charge is 2.15. The fourth-order valence-electron chi connectivity index (χ4n) is 2.17. The van der Waals surface area contributed by atoms with E-state index in [0.29, 0.717) is 28.6 Å². The molecule has 0 bridgehead atoms. The molecule has 21 heavy (non-hydrogen) atoms. The smallest absolute Gasteiger partial charge is 0.307 e. The number of carboxylic acids is 1. The topological polar surface area (TPSA) is 58.9 Å². The van der Waals surface area contributed by atoms with Crippen molar-refractivity contribution in [2.24, 2.45) is 4.99 Å². The molecule has 1 aliphatic rings. The molecule has 0 saturated carbocycles. The lowest BCUT2D eigenvalue weighted by molar-refractivity contribution is -0.136. The van der Waals surface area contributed by atoms with Crippen LogP contribution in [-0.2, 0) is 11.2 Å². The molecule has 0 spiro atoms. The quantitative estimate of drug-likeness (QED) is 0.944. The van der Waals surface area contributed by atoms with Crippen molar-refractivity contribution in [1.82, 2.24) is 0 Å².